The Labute approximate surface area is 150 Å². The van der Waals surface area contributed by atoms with Crippen LogP contribution >= 0.6 is 0 Å². The van der Waals surface area contributed by atoms with E-state index in [1.807, 2.05) is 37.3 Å². The average molecular weight is 343 g/mol. The average Bonchev–Trinajstić information content (AvgIpc) is 3.09. The second-order valence-electron chi connectivity index (χ2n) is 7.12. The van der Waals surface area contributed by atoms with Gasteiger partial charge < -0.3 is 5.32 Å². The van der Waals surface area contributed by atoms with Gasteiger partial charge >= 0.3 is 0 Å². The Hall–Kier alpha value is -2.17. The molecule has 1 aromatic rings. The van der Waals surface area contributed by atoms with Gasteiger partial charge in [0.15, 0.2) is 0 Å². The predicted molar refractivity (Wildman–Crippen MR) is 100 cm³/mol. The zero-order valence-electron chi connectivity index (χ0n) is 15.5. The summed E-state index contributed by atoms with van der Waals surface area (Å²) in [5.74, 6) is 0.486. The molecule has 5 nitrogen and oxygen atoms in total. The lowest BCUT2D eigenvalue weighted by Crippen LogP contribution is -2.33. The van der Waals surface area contributed by atoms with Crippen molar-refractivity contribution < 1.29 is 9.59 Å². The molecule has 0 saturated heterocycles. The van der Waals surface area contributed by atoms with Crippen molar-refractivity contribution >= 4 is 17.5 Å². The van der Waals surface area contributed by atoms with Crippen LogP contribution in [0.25, 0.3) is 0 Å². The minimum absolute atomic E-state index is 0.0592. The first-order valence-corrected chi connectivity index (χ1v) is 9.18. The molecule has 0 aliphatic carbocycles. The third-order valence-electron chi connectivity index (χ3n) is 4.35. The quantitative estimate of drug-likeness (QED) is 0.787. The minimum Gasteiger partial charge on any atom is -0.354 e. The van der Waals surface area contributed by atoms with Crippen LogP contribution in [-0.2, 0) is 9.59 Å². The molecule has 2 rings (SSSR count). The van der Waals surface area contributed by atoms with Gasteiger partial charge in [-0.1, -0.05) is 44.2 Å². The summed E-state index contributed by atoms with van der Waals surface area (Å²) in [6.45, 7) is 6.95. The molecule has 1 N–H and O–H groups in total. The molecule has 1 aromatic carbocycles. The molecule has 1 atom stereocenters. The van der Waals surface area contributed by atoms with E-state index in [0.29, 0.717) is 12.5 Å². The summed E-state index contributed by atoms with van der Waals surface area (Å²) in [6.07, 6.45) is 3.24. The SMILES string of the molecule is CC(C)CCC(C)NC(=O)CCC(=O)N1CCC(c2ccccc2)=N1. The molecule has 0 saturated carbocycles. The van der Waals surface area contributed by atoms with Crippen molar-refractivity contribution in [1.82, 2.24) is 10.3 Å². The molecule has 0 spiro atoms. The third-order valence-corrected chi connectivity index (χ3v) is 4.35. The highest BCUT2D eigenvalue weighted by Crippen LogP contribution is 2.15. The van der Waals surface area contributed by atoms with E-state index in [-0.39, 0.29) is 30.7 Å². The lowest BCUT2D eigenvalue weighted by atomic mass is 10.0. The number of carbonyl (C=O) groups is 2. The molecule has 0 aromatic heterocycles. The van der Waals surface area contributed by atoms with Crippen molar-refractivity contribution in [1.29, 1.82) is 0 Å². The molecule has 0 fully saturated rings. The second kappa shape index (κ2) is 9.35. The molecule has 1 unspecified atom stereocenters. The van der Waals surface area contributed by atoms with Crippen molar-refractivity contribution in [3.63, 3.8) is 0 Å². The van der Waals surface area contributed by atoms with E-state index in [1.165, 1.54) is 5.01 Å². The largest absolute Gasteiger partial charge is 0.354 e. The van der Waals surface area contributed by atoms with Crippen LogP contribution in [0.4, 0.5) is 0 Å². The van der Waals surface area contributed by atoms with Crippen LogP contribution in [0.1, 0.15) is 58.4 Å². The number of benzene rings is 1. The van der Waals surface area contributed by atoms with Crippen molar-refractivity contribution in [3.05, 3.63) is 35.9 Å². The summed E-state index contributed by atoms with van der Waals surface area (Å²) < 4.78 is 0. The van der Waals surface area contributed by atoms with Gasteiger partial charge in [-0.05, 0) is 31.2 Å². The molecule has 1 aliphatic rings. The van der Waals surface area contributed by atoms with Crippen molar-refractivity contribution in [3.8, 4) is 0 Å². The highest BCUT2D eigenvalue weighted by Gasteiger charge is 2.22. The van der Waals surface area contributed by atoms with Gasteiger partial charge in [-0.3, -0.25) is 9.59 Å². The summed E-state index contributed by atoms with van der Waals surface area (Å²) in [7, 11) is 0. The van der Waals surface area contributed by atoms with Crippen LogP contribution in [0.15, 0.2) is 35.4 Å². The van der Waals surface area contributed by atoms with Crippen molar-refractivity contribution in [2.45, 2.75) is 58.9 Å². The Morgan fingerprint density at radius 3 is 2.52 bits per heavy atom. The van der Waals surface area contributed by atoms with Crippen molar-refractivity contribution in [2.75, 3.05) is 6.54 Å². The van der Waals surface area contributed by atoms with Gasteiger partial charge in [-0.2, -0.15) is 5.10 Å². The number of hydrogen-bond donors (Lipinski definition) is 1. The van der Waals surface area contributed by atoms with E-state index >= 15 is 0 Å². The lowest BCUT2D eigenvalue weighted by molar-refractivity contribution is -0.133. The van der Waals surface area contributed by atoms with Gasteiger partial charge in [-0.15, -0.1) is 0 Å². The predicted octanol–water partition coefficient (Wildman–Crippen LogP) is 3.34. The van der Waals surface area contributed by atoms with Gasteiger partial charge in [0.25, 0.3) is 0 Å². The van der Waals surface area contributed by atoms with Gasteiger partial charge in [0.05, 0.1) is 12.3 Å². The van der Waals surface area contributed by atoms with Crippen molar-refractivity contribution in [2.24, 2.45) is 11.0 Å². The molecule has 25 heavy (non-hydrogen) atoms. The molecule has 0 radical (unpaired) electrons. The molecular weight excluding hydrogens is 314 g/mol. The summed E-state index contributed by atoms with van der Waals surface area (Å²) >= 11 is 0. The van der Waals surface area contributed by atoms with Crippen LogP contribution in [-0.4, -0.2) is 35.1 Å². The van der Waals surface area contributed by atoms with Gasteiger partial charge in [-0.25, -0.2) is 5.01 Å². The molecule has 136 valence electrons. The zero-order chi connectivity index (χ0) is 18.2. The van der Waals surface area contributed by atoms with E-state index in [0.717, 1.165) is 30.5 Å². The van der Waals surface area contributed by atoms with E-state index < -0.39 is 0 Å². The van der Waals surface area contributed by atoms with Crippen LogP contribution in [0, 0.1) is 5.92 Å². The molecule has 2 amide bonds. The van der Waals surface area contributed by atoms with Gasteiger partial charge in [0.1, 0.15) is 0 Å². The Balaban J connectivity index is 1.75. The summed E-state index contributed by atoms with van der Waals surface area (Å²) in [5, 5.41) is 8.88. The topological polar surface area (TPSA) is 61.8 Å². The fourth-order valence-electron chi connectivity index (χ4n) is 2.82. The Morgan fingerprint density at radius 2 is 1.84 bits per heavy atom. The third kappa shape index (κ3) is 6.33. The number of nitrogens with one attached hydrogen (secondary N) is 1. The maximum atomic E-state index is 12.3. The lowest BCUT2D eigenvalue weighted by Gasteiger charge is -2.15. The number of amides is 2. The van der Waals surface area contributed by atoms with Crippen LogP contribution < -0.4 is 5.32 Å². The maximum Gasteiger partial charge on any atom is 0.243 e. The number of hydrazone groups is 1. The van der Waals surface area contributed by atoms with E-state index in [9.17, 15) is 9.59 Å². The summed E-state index contributed by atoms with van der Waals surface area (Å²) in [6, 6.07) is 10.0. The summed E-state index contributed by atoms with van der Waals surface area (Å²) in [5.41, 5.74) is 1.98. The standard InChI is InChI=1S/C20H29N3O2/c1-15(2)9-10-16(3)21-19(24)11-12-20(25)23-14-13-18(22-23)17-7-5-4-6-8-17/h4-8,15-16H,9-14H2,1-3H3,(H,21,24). The minimum atomic E-state index is -0.0871. The number of rotatable bonds is 8. The van der Waals surface area contributed by atoms with E-state index in [4.69, 9.17) is 0 Å². The fraction of sp³-hybridized carbons (Fsp3) is 0.550. The Bertz CT molecular complexity index is 611. The number of carbonyl (C=O) groups excluding carboxylic acids is 2. The molecule has 0 bridgehead atoms. The summed E-state index contributed by atoms with van der Waals surface area (Å²) in [4.78, 5) is 24.3. The second-order valence-corrected chi connectivity index (χ2v) is 7.12. The van der Waals surface area contributed by atoms with Crippen LogP contribution in [0.3, 0.4) is 0 Å². The smallest absolute Gasteiger partial charge is 0.243 e. The molecule has 1 heterocycles. The highest BCUT2D eigenvalue weighted by atomic mass is 16.2. The van der Waals surface area contributed by atoms with Gasteiger partial charge in [0.2, 0.25) is 11.8 Å². The normalized spacial score (nSPS) is 15.2. The first-order chi connectivity index (χ1) is 12.0. The number of hydrogen-bond acceptors (Lipinski definition) is 3. The maximum absolute atomic E-state index is 12.3. The molecular formula is C20H29N3O2. The van der Waals surface area contributed by atoms with Crippen LogP contribution in [0.2, 0.25) is 0 Å². The van der Waals surface area contributed by atoms with Crippen LogP contribution in [0.5, 0.6) is 0 Å². The van der Waals surface area contributed by atoms with Gasteiger partial charge in [0, 0.05) is 25.3 Å². The zero-order valence-corrected chi connectivity index (χ0v) is 15.5. The highest BCUT2D eigenvalue weighted by molar-refractivity contribution is 6.02. The first kappa shape index (κ1) is 19.2. The molecule has 5 heteroatoms. The Kier molecular flexibility index (Phi) is 7.16. The molecule has 1 aliphatic heterocycles. The Morgan fingerprint density at radius 1 is 1.12 bits per heavy atom. The van der Waals surface area contributed by atoms with E-state index in [2.05, 4.69) is 24.3 Å². The fourth-order valence-corrected chi connectivity index (χ4v) is 2.82. The van der Waals surface area contributed by atoms with E-state index in [1.54, 1.807) is 0 Å². The number of nitrogens with zero attached hydrogens (tertiary/aromatic N) is 2. The monoisotopic (exact) mass is 343 g/mol. The first-order valence-electron chi connectivity index (χ1n) is 9.18.